The lowest BCUT2D eigenvalue weighted by Crippen LogP contribution is -2.33. The van der Waals surface area contributed by atoms with Crippen molar-refractivity contribution in [3.63, 3.8) is 0 Å². The van der Waals surface area contributed by atoms with Crippen molar-refractivity contribution in [1.29, 1.82) is 0 Å². The number of nitrogens with zero attached hydrogens (tertiary/aromatic N) is 3. The van der Waals surface area contributed by atoms with Gasteiger partial charge in [-0.3, -0.25) is 0 Å². The quantitative estimate of drug-likeness (QED) is 0.192. The molecule has 1 aliphatic carbocycles. The predicted octanol–water partition coefficient (Wildman–Crippen LogP) is 11.7. The fourth-order valence-electron chi connectivity index (χ4n) is 7.30. The molecule has 3 heteroatoms. The van der Waals surface area contributed by atoms with Gasteiger partial charge in [0.25, 0.3) is 0 Å². The molecule has 8 rings (SSSR count). The first-order valence-electron chi connectivity index (χ1n) is 16.9. The summed E-state index contributed by atoms with van der Waals surface area (Å²) < 4.78 is 0. The second-order valence-corrected chi connectivity index (χ2v) is 14.4. The van der Waals surface area contributed by atoms with Crippen molar-refractivity contribution in [2.75, 3.05) is 0 Å². The Morgan fingerprint density at radius 1 is 0.375 bits per heavy atom. The highest BCUT2D eigenvalue weighted by molar-refractivity contribution is 6.03. The van der Waals surface area contributed by atoms with E-state index < -0.39 is 0 Å². The fraction of sp³-hybridized carbons (Fsp3) is 0.178. The highest BCUT2D eigenvalue weighted by Gasteiger charge is 2.37. The van der Waals surface area contributed by atoms with Crippen molar-refractivity contribution in [3.05, 3.63) is 151 Å². The Hall–Kier alpha value is -5.41. The topological polar surface area (TPSA) is 38.7 Å². The molecule has 7 aromatic rings. The maximum Gasteiger partial charge on any atom is 0.164 e. The zero-order valence-corrected chi connectivity index (χ0v) is 28.0. The van der Waals surface area contributed by atoms with Crippen LogP contribution >= 0.6 is 0 Å². The van der Waals surface area contributed by atoms with Gasteiger partial charge in [0.05, 0.1) is 0 Å². The Balaban J connectivity index is 1.20. The van der Waals surface area contributed by atoms with Gasteiger partial charge in [0.15, 0.2) is 17.5 Å². The molecule has 6 aromatic carbocycles. The van der Waals surface area contributed by atoms with Crippen LogP contribution in [0, 0.1) is 0 Å². The van der Waals surface area contributed by atoms with Crippen LogP contribution in [0.5, 0.6) is 0 Å². The minimum Gasteiger partial charge on any atom is -0.208 e. The molecular weight excluding hydrogens is 583 g/mol. The number of hydrogen-bond donors (Lipinski definition) is 0. The van der Waals surface area contributed by atoms with Gasteiger partial charge >= 0.3 is 0 Å². The van der Waals surface area contributed by atoms with Crippen LogP contribution in [0.25, 0.3) is 67.2 Å². The van der Waals surface area contributed by atoms with Crippen LogP contribution in [0.4, 0.5) is 0 Å². The lowest BCUT2D eigenvalue weighted by Gasteiger charge is -2.42. The van der Waals surface area contributed by atoms with E-state index >= 15 is 0 Å². The normalized spacial score (nSPS) is 14.8. The van der Waals surface area contributed by atoms with Crippen LogP contribution in [-0.4, -0.2) is 15.0 Å². The second kappa shape index (κ2) is 11.7. The standard InChI is InChI=1S/C45H39N3/c1-44(2)27-28-45(3,4)40-29-34(25-26-39(40)44)30-21-23-31(24-22-30)35-17-11-19-37-36(35)18-12-20-38(37)43-47-41(32-13-7-5-8-14-32)46-42(48-43)33-15-9-6-10-16-33/h5-26,29H,27-28H2,1-4H3. The molecule has 0 saturated carbocycles. The van der Waals surface area contributed by atoms with Gasteiger partial charge < -0.3 is 0 Å². The molecule has 48 heavy (non-hydrogen) atoms. The van der Waals surface area contributed by atoms with Gasteiger partial charge in [-0.2, -0.15) is 0 Å². The molecule has 1 aromatic heterocycles. The lowest BCUT2D eigenvalue weighted by molar-refractivity contribution is 0.332. The van der Waals surface area contributed by atoms with E-state index in [0.29, 0.717) is 17.5 Å². The summed E-state index contributed by atoms with van der Waals surface area (Å²) in [7, 11) is 0. The first kappa shape index (κ1) is 30.0. The average molecular weight is 622 g/mol. The van der Waals surface area contributed by atoms with Gasteiger partial charge in [-0.25, -0.2) is 15.0 Å². The first-order chi connectivity index (χ1) is 23.3. The molecule has 0 saturated heterocycles. The zero-order valence-electron chi connectivity index (χ0n) is 28.0. The smallest absolute Gasteiger partial charge is 0.164 e. The number of aromatic nitrogens is 3. The molecule has 0 atom stereocenters. The Kier molecular flexibility index (Phi) is 7.29. The van der Waals surface area contributed by atoms with Gasteiger partial charge in [-0.05, 0) is 67.8 Å². The van der Waals surface area contributed by atoms with Crippen LogP contribution in [0.15, 0.2) is 140 Å². The molecular formula is C45H39N3. The van der Waals surface area contributed by atoms with Crippen molar-refractivity contribution in [2.45, 2.75) is 51.4 Å². The monoisotopic (exact) mass is 621 g/mol. The molecule has 234 valence electrons. The third-order valence-electron chi connectivity index (χ3n) is 10.2. The summed E-state index contributed by atoms with van der Waals surface area (Å²) in [6, 6.07) is 49.4. The molecule has 0 N–H and O–H groups in total. The highest BCUT2D eigenvalue weighted by Crippen LogP contribution is 2.47. The molecule has 0 fully saturated rings. The maximum atomic E-state index is 5.02. The minimum atomic E-state index is 0.184. The summed E-state index contributed by atoms with van der Waals surface area (Å²) in [6.07, 6.45) is 2.44. The summed E-state index contributed by atoms with van der Waals surface area (Å²) in [5.41, 5.74) is 11.2. The highest BCUT2D eigenvalue weighted by atomic mass is 15.0. The van der Waals surface area contributed by atoms with E-state index in [9.17, 15) is 0 Å². The van der Waals surface area contributed by atoms with E-state index in [1.54, 1.807) is 0 Å². The first-order valence-corrected chi connectivity index (χ1v) is 16.9. The number of fused-ring (bicyclic) bond motifs is 2. The van der Waals surface area contributed by atoms with E-state index in [0.717, 1.165) is 22.1 Å². The van der Waals surface area contributed by atoms with Crippen LogP contribution in [-0.2, 0) is 10.8 Å². The molecule has 0 radical (unpaired) electrons. The predicted molar refractivity (Wildman–Crippen MR) is 200 cm³/mol. The summed E-state index contributed by atoms with van der Waals surface area (Å²) in [6.45, 7) is 9.56. The van der Waals surface area contributed by atoms with E-state index in [2.05, 4.69) is 107 Å². The number of rotatable bonds is 5. The van der Waals surface area contributed by atoms with Crippen molar-refractivity contribution in [3.8, 4) is 56.4 Å². The summed E-state index contributed by atoms with van der Waals surface area (Å²) in [5.74, 6) is 1.99. The number of hydrogen-bond acceptors (Lipinski definition) is 3. The third-order valence-corrected chi connectivity index (χ3v) is 10.2. The van der Waals surface area contributed by atoms with Crippen LogP contribution in [0.3, 0.4) is 0 Å². The fourth-order valence-corrected chi connectivity index (χ4v) is 7.30. The maximum absolute atomic E-state index is 5.02. The Bertz CT molecular complexity index is 2210. The lowest BCUT2D eigenvalue weighted by atomic mass is 9.63. The molecule has 3 nitrogen and oxygen atoms in total. The molecule has 0 aliphatic heterocycles. The summed E-state index contributed by atoms with van der Waals surface area (Å²) >= 11 is 0. The molecule has 0 unspecified atom stereocenters. The van der Waals surface area contributed by atoms with Crippen molar-refractivity contribution >= 4 is 10.8 Å². The minimum absolute atomic E-state index is 0.184. The van der Waals surface area contributed by atoms with E-state index in [1.807, 2.05) is 60.7 Å². The molecule has 1 heterocycles. The number of benzene rings is 6. The van der Waals surface area contributed by atoms with Crippen molar-refractivity contribution in [1.82, 2.24) is 15.0 Å². The Morgan fingerprint density at radius 3 is 1.46 bits per heavy atom. The largest absolute Gasteiger partial charge is 0.208 e. The zero-order chi connectivity index (χ0) is 32.9. The molecule has 0 spiro atoms. The van der Waals surface area contributed by atoms with Crippen LogP contribution in [0.1, 0.15) is 51.7 Å². The summed E-state index contributed by atoms with van der Waals surface area (Å²) in [5, 5.41) is 2.28. The van der Waals surface area contributed by atoms with Gasteiger partial charge in [-0.15, -0.1) is 0 Å². The third kappa shape index (κ3) is 5.40. The van der Waals surface area contributed by atoms with E-state index in [4.69, 9.17) is 15.0 Å². The SMILES string of the molecule is CC1(C)CCC(C)(C)c2cc(-c3ccc(-c4cccc5c(-c6nc(-c7ccccc7)nc(-c7ccccc7)n6)cccc45)cc3)ccc21. The van der Waals surface area contributed by atoms with Gasteiger partial charge in [0.2, 0.25) is 0 Å². The Labute approximate surface area is 283 Å². The summed E-state index contributed by atoms with van der Waals surface area (Å²) in [4.78, 5) is 14.9. The van der Waals surface area contributed by atoms with Crippen LogP contribution in [0.2, 0.25) is 0 Å². The van der Waals surface area contributed by atoms with E-state index in [-0.39, 0.29) is 10.8 Å². The molecule has 1 aliphatic rings. The average Bonchev–Trinajstić information content (AvgIpc) is 3.13. The molecule has 0 bridgehead atoms. The van der Waals surface area contributed by atoms with Crippen molar-refractivity contribution in [2.24, 2.45) is 0 Å². The molecule has 0 amide bonds. The van der Waals surface area contributed by atoms with Gasteiger partial charge in [-0.1, -0.05) is 167 Å². The van der Waals surface area contributed by atoms with E-state index in [1.165, 1.54) is 51.6 Å². The van der Waals surface area contributed by atoms with Gasteiger partial charge in [0, 0.05) is 16.7 Å². The second-order valence-electron chi connectivity index (χ2n) is 14.4. The van der Waals surface area contributed by atoms with Crippen LogP contribution < -0.4 is 0 Å². The van der Waals surface area contributed by atoms with Gasteiger partial charge in [0.1, 0.15) is 0 Å². The Morgan fingerprint density at radius 2 is 0.854 bits per heavy atom. The van der Waals surface area contributed by atoms with Crippen molar-refractivity contribution < 1.29 is 0 Å².